The van der Waals surface area contributed by atoms with Crippen LogP contribution in [0.1, 0.15) is 5.56 Å². The molecule has 0 spiro atoms. The van der Waals surface area contributed by atoms with Crippen molar-refractivity contribution in [2.24, 2.45) is 10.9 Å². The van der Waals surface area contributed by atoms with Crippen LogP contribution in [0.25, 0.3) is 0 Å². The number of hydrogen-bond donors (Lipinski definition) is 2. The van der Waals surface area contributed by atoms with Gasteiger partial charge in [0, 0.05) is 10.5 Å². The molecule has 0 aliphatic rings. The minimum Gasteiger partial charge on any atom is -0.456 e. The number of hydrogen-bond acceptors (Lipinski definition) is 3. The Hall–Kier alpha value is -1.79. The molecule has 4 nitrogen and oxygen atoms in total. The summed E-state index contributed by atoms with van der Waals surface area (Å²) >= 11 is 8.88. The van der Waals surface area contributed by atoms with E-state index in [9.17, 15) is 4.39 Å². The molecule has 2 aromatic rings. The van der Waals surface area contributed by atoms with Gasteiger partial charge in [0.1, 0.15) is 17.3 Å². The molecule has 0 amide bonds. The van der Waals surface area contributed by atoms with Crippen LogP contribution in [0.3, 0.4) is 0 Å². The lowest BCUT2D eigenvalue weighted by atomic mass is 10.2. The van der Waals surface area contributed by atoms with Crippen molar-refractivity contribution in [1.29, 1.82) is 0 Å². The molecule has 0 aliphatic carbocycles. The Morgan fingerprint density at radius 2 is 2.10 bits per heavy atom. The van der Waals surface area contributed by atoms with E-state index in [4.69, 9.17) is 27.3 Å². The molecule has 0 aromatic heterocycles. The zero-order chi connectivity index (χ0) is 14.7. The molecule has 0 unspecified atom stereocenters. The molecule has 0 saturated carbocycles. The Kier molecular flexibility index (Phi) is 4.46. The molecule has 0 aliphatic heterocycles. The molecule has 104 valence electrons. The Balaban J connectivity index is 2.43. The maximum atomic E-state index is 13.4. The summed E-state index contributed by atoms with van der Waals surface area (Å²) in [6, 6.07) is 9.09. The molecular formula is C13H9BrClFN2O2. The van der Waals surface area contributed by atoms with Gasteiger partial charge in [-0.05, 0) is 40.2 Å². The summed E-state index contributed by atoms with van der Waals surface area (Å²) in [5, 5.41) is 11.7. The van der Waals surface area contributed by atoms with Crippen molar-refractivity contribution in [3.8, 4) is 11.5 Å². The second kappa shape index (κ2) is 6.11. The highest BCUT2D eigenvalue weighted by atomic mass is 79.9. The molecule has 2 aromatic carbocycles. The Labute approximate surface area is 127 Å². The van der Waals surface area contributed by atoms with Gasteiger partial charge in [-0.1, -0.05) is 22.8 Å². The Bertz CT molecular complexity index is 679. The molecule has 0 atom stereocenters. The highest BCUT2D eigenvalue weighted by Crippen LogP contribution is 2.31. The van der Waals surface area contributed by atoms with Gasteiger partial charge in [-0.2, -0.15) is 0 Å². The van der Waals surface area contributed by atoms with Crippen LogP contribution < -0.4 is 10.5 Å². The van der Waals surface area contributed by atoms with Crippen molar-refractivity contribution >= 4 is 33.4 Å². The van der Waals surface area contributed by atoms with E-state index in [0.29, 0.717) is 15.8 Å². The number of amidine groups is 1. The summed E-state index contributed by atoms with van der Waals surface area (Å²) < 4.78 is 19.5. The zero-order valence-corrected chi connectivity index (χ0v) is 12.3. The minimum absolute atomic E-state index is 0.00301. The molecule has 0 radical (unpaired) electrons. The van der Waals surface area contributed by atoms with E-state index in [1.165, 1.54) is 12.1 Å². The number of halogens is 3. The van der Waals surface area contributed by atoms with Crippen LogP contribution in [0, 0.1) is 5.82 Å². The first-order chi connectivity index (χ1) is 9.52. The monoisotopic (exact) mass is 358 g/mol. The van der Waals surface area contributed by atoms with Crippen LogP contribution in [0.15, 0.2) is 46.0 Å². The van der Waals surface area contributed by atoms with E-state index in [0.717, 1.165) is 6.07 Å². The largest absolute Gasteiger partial charge is 0.456 e. The quantitative estimate of drug-likeness (QED) is 0.375. The first-order valence-corrected chi connectivity index (χ1v) is 6.59. The van der Waals surface area contributed by atoms with Crippen LogP contribution in [-0.4, -0.2) is 11.0 Å². The minimum atomic E-state index is -0.593. The smallest absolute Gasteiger partial charge is 0.175 e. The molecule has 20 heavy (non-hydrogen) atoms. The first kappa shape index (κ1) is 14.6. The third-order valence-corrected chi connectivity index (χ3v) is 3.43. The summed E-state index contributed by atoms with van der Waals surface area (Å²) in [4.78, 5) is 0. The SMILES string of the molecule is N/C(=N/O)c1c(Br)cccc1Oc1ccc(Cl)c(F)c1. The van der Waals surface area contributed by atoms with Gasteiger partial charge in [0.2, 0.25) is 0 Å². The summed E-state index contributed by atoms with van der Waals surface area (Å²) in [5.74, 6) is -0.153. The molecule has 0 saturated heterocycles. The van der Waals surface area contributed by atoms with Crippen molar-refractivity contribution in [2.45, 2.75) is 0 Å². The van der Waals surface area contributed by atoms with Gasteiger partial charge in [0.25, 0.3) is 0 Å². The fraction of sp³-hybridized carbons (Fsp3) is 0. The average molecular weight is 360 g/mol. The summed E-state index contributed by atoms with van der Waals surface area (Å²) in [5.41, 5.74) is 5.96. The van der Waals surface area contributed by atoms with E-state index in [2.05, 4.69) is 21.1 Å². The maximum Gasteiger partial charge on any atom is 0.175 e. The average Bonchev–Trinajstić information content (AvgIpc) is 2.42. The standard InChI is InChI=1S/C13H9BrClFN2O2/c14-8-2-1-3-11(12(8)13(17)18-19)20-7-4-5-9(15)10(16)6-7/h1-6,19H,(H2,17,18). The molecular weight excluding hydrogens is 351 g/mol. The van der Waals surface area contributed by atoms with Gasteiger partial charge < -0.3 is 15.7 Å². The van der Waals surface area contributed by atoms with E-state index >= 15 is 0 Å². The van der Waals surface area contributed by atoms with Crippen LogP contribution in [0.5, 0.6) is 11.5 Å². The van der Waals surface area contributed by atoms with Crippen molar-refractivity contribution in [3.63, 3.8) is 0 Å². The highest BCUT2D eigenvalue weighted by molar-refractivity contribution is 9.10. The predicted molar refractivity (Wildman–Crippen MR) is 78.1 cm³/mol. The Morgan fingerprint density at radius 1 is 1.35 bits per heavy atom. The fourth-order valence-electron chi connectivity index (χ4n) is 1.56. The van der Waals surface area contributed by atoms with E-state index in [-0.39, 0.29) is 16.6 Å². The topological polar surface area (TPSA) is 67.8 Å². The van der Waals surface area contributed by atoms with Gasteiger partial charge in [0.05, 0.1) is 10.6 Å². The lowest BCUT2D eigenvalue weighted by molar-refractivity contribution is 0.318. The maximum absolute atomic E-state index is 13.4. The number of nitrogens with two attached hydrogens (primary N) is 1. The molecule has 0 bridgehead atoms. The van der Waals surface area contributed by atoms with Gasteiger partial charge in [-0.25, -0.2) is 4.39 Å². The number of oxime groups is 1. The van der Waals surface area contributed by atoms with Crippen molar-refractivity contribution in [1.82, 2.24) is 0 Å². The number of benzene rings is 2. The molecule has 2 rings (SSSR count). The van der Waals surface area contributed by atoms with Gasteiger partial charge in [0.15, 0.2) is 5.84 Å². The van der Waals surface area contributed by atoms with E-state index in [1.807, 2.05) is 0 Å². The molecule has 0 heterocycles. The van der Waals surface area contributed by atoms with Gasteiger partial charge in [-0.15, -0.1) is 0 Å². The lowest BCUT2D eigenvalue weighted by Gasteiger charge is -2.12. The summed E-state index contributed by atoms with van der Waals surface area (Å²) in [7, 11) is 0. The van der Waals surface area contributed by atoms with E-state index in [1.54, 1.807) is 18.2 Å². The van der Waals surface area contributed by atoms with Crippen molar-refractivity contribution < 1.29 is 14.3 Å². The first-order valence-electron chi connectivity index (χ1n) is 5.42. The summed E-state index contributed by atoms with van der Waals surface area (Å²) in [6.07, 6.45) is 0. The second-order valence-corrected chi connectivity index (χ2v) is 5.04. The normalized spacial score (nSPS) is 11.4. The predicted octanol–water partition coefficient (Wildman–Crippen LogP) is 4.13. The van der Waals surface area contributed by atoms with Gasteiger partial charge in [-0.3, -0.25) is 0 Å². The van der Waals surface area contributed by atoms with Crippen molar-refractivity contribution in [3.05, 3.63) is 57.3 Å². The second-order valence-electron chi connectivity index (χ2n) is 3.78. The number of ether oxygens (including phenoxy) is 1. The third kappa shape index (κ3) is 3.02. The van der Waals surface area contributed by atoms with Crippen LogP contribution in [0.4, 0.5) is 4.39 Å². The Morgan fingerprint density at radius 3 is 2.75 bits per heavy atom. The molecule has 7 heteroatoms. The third-order valence-electron chi connectivity index (χ3n) is 2.46. The van der Waals surface area contributed by atoms with Crippen LogP contribution >= 0.6 is 27.5 Å². The highest BCUT2D eigenvalue weighted by Gasteiger charge is 2.14. The van der Waals surface area contributed by atoms with Crippen molar-refractivity contribution in [2.75, 3.05) is 0 Å². The van der Waals surface area contributed by atoms with Gasteiger partial charge >= 0.3 is 0 Å². The number of rotatable bonds is 3. The lowest BCUT2D eigenvalue weighted by Crippen LogP contribution is -2.15. The van der Waals surface area contributed by atoms with E-state index < -0.39 is 5.82 Å². The summed E-state index contributed by atoms with van der Waals surface area (Å²) in [6.45, 7) is 0. The fourth-order valence-corrected chi connectivity index (χ4v) is 2.22. The molecule has 0 fully saturated rings. The van der Waals surface area contributed by atoms with Crippen LogP contribution in [0.2, 0.25) is 5.02 Å². The zero-order valence-electron chi connectivity index (χ0n) is 9.98. The van der Waals surface area contributed by atoms with Crippen LogP contribution in [-0.2, 0) is 0 Å². The number of nitrogens with zero attached hydrogens (tertiary/aromatic N) is 1. The molecule has 3 N–H and O–H groups in total.